The number of carbonyl (C=O) groups excluding carboxylic acids is 3. The van der Waals surface area contributed by atoms with Crippen molar-refractivity contribution in [2.45, 2.75) is 38.4 Å². The van der Waals surface area contributed by atoms with Gasteiger partial charge in [-0.05, 0) is 36.8 Å². The van der Waals surface area contributed by atoms with Gasteiger partial charge in [-0.1, -0.05) is 0 Å². The molecular formula is C25H21F4N3O6. The van der Waals surface area contributed by atoms with E-state index in [9.17, 15) is 31.9 Å². The molecule has 0 radical (unpaired) electrons. The minimum atomic E-state index is -4.81. The Morgan fingerprint density at radius 1 is 1.26 bits per heavy atom. The number of carbonyl (C=O) groups is 3. The van der Waals surface area contributed by atoms with E-state index in [0.29, 0.717) is 17.4 Å². The zero-order chi connectivity index (χ0) is 27.4. The van der Waals surface area contributed by atoms with Crippen LogP contribution in [-0.4, -0.2) is 47.4 Å². The lowest BCUT2D eigenvalue weighted by Crippen LogP contribution is -2.46. The predicted octanol–water partition coefficient (Wildman–Crippen LogP) is 4.01. The number of aldehydes is 1. The molecule has 1 N–H and O–H groups in total. The van der Waals surface area contributed by atoms with Gasteiger partial charge < -0.3 is 28.9 Å². The fraction of sp³-hybridized carbons (Fsp3) is 0.280. The highest BCUT2D eigenvalue weighted by atomic mass is 19.4. The summed E-state index contributed by atoms with van der Waals surface area (Å²) in [5.41, 5.74) is 0.796. The second kappa shape index (κ2) is 10.9. The third-order valence-electron chi connectivity index (χ3n) is 5.74. The first-order chi connectivity index (χ1) is 18.1. The minimum absolute atomic E-state index is 0.0330. The van der Waals surface area contributed by atoms with E-state index in [1.54, 1.807) is 0 Å². The molecule has 1 aliphatic heterocycles. The zero-order valence-corrected chi connectivity index (χ0v) is 19.9. The first-order valence-electron chi connectivity index (χ1n) is 11.3. The highest BCUT2D eigenvalue weighted by Crippen LogP contribution is 2.35. The van der Waals surface area contributed by atoms with E-state index in [2.05, 4.69) is 15.0 Å². The molecule has 38 heavy (non-hydrogen) atoms. The third kappa shape index (κ3) is 5.93. The van der Waals surface area contributed by atoms with E-state index >= 15 is 0 Å². The number of halogens is 4. The van der Waals surface area contributed by atoms with Crippen LogP contribution in [0, 0.1) is 5.82 Å². The van der Waals surface area contributed by atoms with E-state index in [4.69, 9.17) is 9.15 Å². The summed E-state index contributed by atoms with van der Waals surface area (Å²) >= 11 is 0. The average molecular weight is 535 g/mol. The van der Waals surface area contributed by atoms with Crippen molar-refractivity contribution < 1.29 is 45.8 Å². The predicted molar refractivity (Wildman–Crippen MR) is 122 cm³/mol. The number of hydrogen-bond acceptors (Lipinski definition) is 7. The summed E-state index contributed by atoms with van der Waals surface area (Å²) in [5, 5.41) is 2.47. The number of fused-ring (bicyclic) bond motifs is 1. The Morgan fingerprint density at radius 2 is 2.00 bits per heavy atom. The standard InChI is InChI=1S/C25H21F4N3O6/c1-30-22(34)20(3-2-8-33)32-12-19-18(24(32)35)9-15(26)10-21(19)36-13-17-11-31-23(37-17)14-4-6-16(7-5-14)38-25(27,28)29/h4-11,20H,2-3,12-13H2,1H3,(H,30,34). The van der Waals surface area contributed by atoms with Crippen LogP contribution < -0.4 is 14.8 Å². The SMILES string of the molecule is CNC(=O)C(CCC=O)N1Cc2c(OCc3cnc(-c4ccc(OC(F)(F)F)cc4)o3)cc(F)cc2C1=O. The molecule has 200 valence electrons. The molecule has 0 fully saturated rings. The smallest absolute Gasteiger partial charge is 0.485 e. The van der Waals surface area contributed by atoms with Crippen LogP contribution in [0.3, 0.4) is 0 Å². The van der Waals surface area contributed by atoms with Gasteiger partial charge >= 0.3 is 6.36 Å². The summed E-state index contributed by atoms with van der Waals surface area (Å²) < 4.78 is 66.5. The molecule has 1 atom stereocenters. The lowest BCUT2D eigenvalue weighted by molar-refractivity contribution is -0.274. The Hall–Kier alpha value is -4.42. The van der Waals surface area contributed by atoms with Crippen LogP contribution in [0.4, 0.5) is 17.6 Å². The summed E-state index contributed by atoms with van der Waals surface area (Å²) in [6.07, 6.45) is -2.66. The lowest BCUT2D eigenvalue weighted by atomic mass is 10.1. The number of rotatable bonds is 10. The van der Waals surface area contributed by atoms with E-state index in [-0.39, 0.29) is 49.0 Å². The summed E-state index contributed by atoms with van der Waals surface area (Å²) in [5.74, 6) is -1.75. The molecule has 0 bridgehead atoms. The number of oxazole rings is 1. The highest BCUT2D eigenvalue weighted by molar-refractivity contribution is 6.01. The van der Waals surface area contributed by atoms with Crippen LogP contribution in [0.15, 0.2) is 47.0 Å². The van der Waals surface area contributed by atoms with Crippen LogP contribution in [0.5, 0.6) is 11.5 Å². The molecule has 2 aromatic carbocycles. The van der Waals surface area contributed by atoms with Gasteiger partial charge in [0.25, 0.3) is 5.91 Å². The monoisotopic (exact) mass is 535 g/mol. The zero-order valence-electron chi connectivity index (χ0n) is 19.9. The van der Waals surface area contributed by atoms with Crippen molar-refractivity contribution in [3.63, 3.8) is 0 Å². The second-order valence-corrected chi connectivity index (χ2v) is 8.23. The molecule has 0 aliphatic carbocycles. The number of likely N-dealkylation sites (N-methyl/N-ethyl adjacent to an activating group) is 1. The molecule has 9 nitrogen and oxygen atoms in total. The van der Waals surface area contributed by atoms with E-state index in [1.807, 2.05) is 0 Å². The van der Waals surface area contributed by atoms with Gasteiger partial charge in [-0.25, -0.2) is 9.37 Å². The number of nitrogens with one attached hydrogen (secondary N) is 1. The Morgan fingerprint density at radius 3 is 2.66 bits per heavy atom. The van der Waals surface area contributed by atoms with Crippen LogP contribution in [0.25, 0.3) is 11.5 Å². The molecule has 3 aromatic rings. The molecule has 2 amide bonds. The number of alkyl halides is 3. The fourth-order valence-electron chi connectivity index (χ4n) is 4.02. The molecular weight excluding hydrogens is 514 g/mol. The number of ether oxygens (including phenoxy) is 2. The molecule has 1 unspecified atom stereocenters. The fourth-order valence-corrected chi connectivity index (χ4v) is 4.02. The quantitative estimate of drug-likeness (QED) is 0.309. The van der Waals surface area contributed by atoms with Gasteiger partial charge in [-0.2, -0.15) is 0 Å². The Labute approximate surface area is 213 Å². The minimum Gasteiger partial charge on any atom is -0.485 e. The van der Waals surface area contributed by atoms with Gasteiger partial charge in [0.15, 0.2) is 5.76 Å². The summed E-state index contributed by atoms with van der Waals surface area (Å²) in [4.78, 5) is 41.5. The van der Waals surface area contributed by atoms with Gasteiger partial charge in [0, 0.05) is 30.7 Å². The van der Waals surface area contributed by atoms with Gasteiger partial charge in [-0.3, -0.25) is 9.59 Å². The van der Waals surface area contributed by atoms with Crippen molar-refractivity contribution in [1.29, 1.82) is 0 Å². The van der Waals surface area contributed by atoms with Crippen LogP contribution in [0.2, 0.25) is 0 Å². The van der Waals surface area contributed by atoms with Crippen molar-refractivity contribution >= 4 is 18.1 Å². The highest BCUT2D eigenvalue weighted by Gasteiger charge is 2.38. The van der Waals surface area contributed by atoms with Gasteiger partial charge in [0.2, 0.25) is 11.8 Å². The van der Waals surface area contributed by atoms with Crippen molar-refractivity contribution in [2.24, 2.45) is 0 Å². The topological polar surface area (TPSA) is 111 Å². The first kappa shape index (κ1) is 26.6. The Kier molecular flexibility index (Phi) is 7.65. The van der Waals surface area contributed by atoms with Crippen molar-refractivity contribution in [1.82, 2.24) is 15.2 Å². The molecule has 0 saturated heterocycles. The average Bonchev–Trinajstić information content (AvgIpc) is 3.47. The van der Waals surface area contributed by atoms with Gasteiger partial charge in [0.05, 0.1) is 18.3 Å². The molecule has 0 saturated carbocycles. The Balaban J connectivity index is 1.48. The van der Waals surface area contributed by atoms with Crippen molar-refractivity contribution in [3.05, 3.63) is 65.3 Å². The van der Waals surface area contributed by atoms with E-state index in [0.717, 1.165) is 24.3 Å². The molecule has 4 rings (SSSR count). The largest absolute Gasteiger partial charge is 0.573 e. The summed E-state index contributed by atoms with van der Waals surface area (Å²) in [7, 11) is 1.41. The maximum absolute atomic E-state index is 14.3. The van der Waals surface area contributed by atoms with Crippen LogP contribution in [-0.2, 0) is 22.7 Å². The maximum Gasteiger partial charge on any atom is 0.573 e. The normalized spacial score (nSPS) is 13.7. The molecule has 2 heterocycles. The first-order valence-corrected chi connectivity index (χ1v) is 11.3. The third-order valence-corrected chi connectivity index (χ3v) is 5.74. The summed E-state index contributed by atoms with van der Waals surface area (Å²) in [6, 6.07) is 6.14. The van der Waals surface area contributed by atoms with Crippen molar-refractivity contribution in [2.75, 3.05) is 7.05 Å². The number of hydrogen-bond donors (Lipinski definition) is 1. The molecule has 0 spiro atoms. The van der Waals surface area contributed by atoms with E-state index in [1.165, 1.54) is 30.3 Å². The maximum atomic E-state index is 14.3. The molecule has 1 aliphatic rings. The second-order valence-electron chi connectivity index (χ2n) is 8.23. The molecule has 1 aromatic heterocycles. The van der Waals surface area contributed by atoms with Crippen molar-refractivity contribution in [3.8, 4) is 23.0 Å². The van der Waals surface area contributed by atoms with E-state index < -0.39 is 35.8 Å². The van der Waals surface area contributed by atoms with Gasteiger partial charge in [0.1, 0.15) is 36.3 Å². The summed E-state index contributed by atoms with van der Waals surface area (Å²) in [6.45, 7) is -0.231. The van der Waals surface area contributed by atoms with Gasteiger partial charge in [-0.15, -0.1) is 13.2 Å². The number of amides is 2. The number of nitrogens with zero attached hydrogens (tertiary/aromatic N) is 2. The van der Waals surface area contributed by atoms with Crippen LogP contribution in [0.1, 0.15) is 34.5 Å². The number of benzene rings is 2. The Bertz CT molecular complexity index is 1340. The number of aromatic nitrogens is 1. The van der Waals surface area contributed by atoms with Crippen LogP contribution >= 0.6 is 0 Å². The lowest BCUT2D eigenvalue weighted by Gasteiger charge is -2.25. The molecule has 13 heteroatoms.